The molecule has 0 radical (unpaired) electrons. The molecule has 0 rings (SSSR count). The van der Waals surface area contributed by atoms with Gasteiger partial charge in [0.05, 0.1) is 0 Å². The Kier molecular flexibility index (Phi) is 4.00. The summed E-state index contributed by atoms with van der Waals surface area (Å²) in [6, 6.07) is 0. The molecule has 0 aliphatic carbocycles. The van der Waals surface area contributed by atoms with Crippen LogP contribution in [0, 0.1) is 11.3 Å². The zero-order valence-corrected chi connectivity index (χ0v) is 8.20. The van der Waals surface area contributed by atoms with E-state index in [1.54, 1.807) is 0 Å². The minimum absolute atomic E-state index is 0.552. The maximum atomic E-state index is 2.37. The van der Waals surface area contributed by atoms with E-state index in [0.29, 0.717) is 5.41 Å². The Morgan fingerprint density at radius 3 is 2.00 bits per heavy atom. The lowest BCUT2D eigenvalue weighted by Crippen LogP contribution is -2.20. The molecule has 0 bridgehead atoms. The fourth-order valence-electron chi connectivity index (χ4n) is 1.17. The Hall–Kier alpha value is 0. The fraction of sp³-hybridized carbons (Fsp3) is 1.00. The van der Waals surface area contributed by atoms with Gasteiger partial charge in [0.1, 0.15) is 0 Å². The van der Waals surface area contributed by atoms with Crippen LogP contribution >= 0.6 is 0 Å². The lowest BCUT2D eigenvalue weighted by molar-refractivity contribution is 0.208. The molecule has 0 N–H and O–H groups in total. The molecular weight excluding hydrogens is 120 g/mol. The van der Waals surface area contributed by atoms with Gasteiger partial charge in [0.2, 0.25) is 0 Å². The quantitative estimate of drug-likeness (QED) is 0.559. The number of rotatable bonds is 4. The monoisotopic (exact) mass is 142 g/mol. The SMILES string of the molecule is CCCC(C)C(C)(C)CC. The smallest absolute Gasteiger partial charge is 0.0331 e. The van der Waals surface area contributed by atoms with E-state index >= 15 is 0 Å². The van der Waals surface area contributed by atoms with Crippen molar-refractivity contribution in [2.24, 2.45) is 11.3 Å². The van der Waals surface area contributed by atoms with Crippen LogP contribution in [0.1, 0.15) is 53.9 Å². The highest BCUT2D eigenvalue weighted by molar-refractivity contribution is 4.72. The summed E-state index contributed by atoms with van der Waals surface area (Å²) < 4.78 is 0. The van der Waals surface area contributed by atoms with Gasteiger partial charge in [-0.1, -0.05) is 53.9 Å². The standard InChI is InChI=1S/C10H22/c1-6-8-9(3)10(4,5)7-2/h9H,6-8H2,1-5H3. The lowest BCUT2D eigenvalue weighted by Gasteiger charge is -2.30. The second-order valence-corrected chi connectivity index (χ2v) is 4.03. The van der Waals surface area contributed by atoms with Crippen LogP contribution in [0.2, 0.25) is 0 Å². The Balaban J connectivity index is 3.78. The van der Waals surface area contributed by atoms with Crippen LogP contribution in [0.3, 0.4) is 0 Å². The first-order valence-corrected chi connectivity index (χ1v) is 4.54. The molecule has 0 aliphatic rings. The third-order valence-corrected chi connectivity index (χ3v) is 2.97. The van der Waals surface area contributed by atoms with Gasteiger partial charge in [0, 0.05) is 0 Å². The molecule has 0 heterocycles. The second kappa shape index (κ2) is 4.00. The van der Waals surface area contributed by atoms with Gasteiger partial charge in [0.25, 0.3) is 0 Å². The molecule has 0 nitrogen and oxygen atoms in total. The fourth-order valence-corrected chi connectivity index (χ4v) is 1.17. The number of hydrogen-bond acceptors (Lipinski definition) is 0. The van der Waals surface area contributed by atoms with Gasteiger partial charge in [-0.15, -0.1) is 0 Å². The van der Waals surface area contributed by atoms with Gasteiger partial charge < -0.3 is 0 Å². The van der Waals surface area contributed by atoms with Crippen molar-refractivity contribution in [1.82, 2.24) is 0 Å². The van der Waals surface area contributed by atoms with E-state index in [2.05, 4.69) is 34.6 Å². The van der Waals surface area contributed by atoms with Crippen LogP contribution in [0.15, 0.2) is 0 Å². The molecule has 0 saturated heterocycles. The van der Waals surface area contributed by atoms with Gasteiger partial charge in [-0.25, -0.2) is 0 Å². The molecule has 0 amide bonds. The summed E-state index contributed by atoms with van der Waals surface area (Å²) in [5.41, 5.74) is 0.552. The van der Waals surface area contributed by atoms with Crippen LogP contribution < -0.4 is 0 Å². The molecule has 0 saturated carbocycles. The first-order valence-electron chi connectivity index (χ1n) is 4.54. The minimum atomic E-state index is 0.552. The maximum Gasteiger partial charge on any atom is -0.0331 e. The molecule has 0 heteroatoms. The zero-order valence-electron chi connectivity index (χ0n) is 8.20. The molecule has 62 valence electrons. The van der Waals surface area contributed by atoms with Gasteiger partial charge in [-0.3, -0.25) is 0 Å². The summed E-state index contributed by atoms with van der Waals surface area (Å²) >= 11 is 0. The topological polar surface area (TPSA) is 0 Å². The molecule has 0 aromatic heterocycles. The van der Waals surface area contributed by atoms with Crippen molar-refractivity contribution < 1.29 is 0 Å². The first-order chi connectivity index (χ1) is 4.54. The summed E-state index contributed by atoms with van der Waals surface area (Å²) in [6.07, 6.45) is 4.00. The molecule has 10 heavy (non-hydrogen) atoms. The Labute approximate surface area is 66.0 Å². The predicted molar refractivity (Wildman–Crippen MR) is 48.1 cm³/mol. The van der Waals surface area contributed by atoms with E-state index in [1.807, 2.05) is 0 Å². The van der Waals surface area contributed by atoms with E-state index in [9.17, 15) is 0 Å². The molecule has 1 atom stereocenters. The van der Waals surface area contributed by atoms with Crippen molar-refractivity contribution in [3.05, 3.63) is 0 Å². The third kappa shape index (κ3) is 2.72. The van der Waals surface area contributed by atoms with Crippen LogP contribution in [0.4, 0.5) is 0 Å². The summed E-state index contributed by atoms with van der Waals surface area (Å²) in [4.78, 5) is 0. The summed E-state index contributed by atoms with van der Waals surface area (Å²) in [5, 5.41) is 0. The largest absolute Gasteiger partial charge is 0.0654 e. The normalized spacial score (nSPS) is 15.3. The zero-order chi connectivity index (χ0) is 8.20. The van der Waals surface area contributed by atoms with E-state index in [0.717, 1.165) is 5.92 Å². The minimum Gasteiger partial charge on any atom is -0.0654 e. The van der Waals surface area contributed by atoms with Gasteiger partial charge in [-0.2, -0.15) is 0 Å². The Bertz CT molecular complexity index is 82.0. The highest BCUT2D eigenvalue weighted by Crippen LogP contribution is 2.32. The third-order valence-electron chi connectivity index (χ3n) is 2.97. The van der Waals surface area contributed by atoms with E-state index in [-0.39, 0.29) is 0 Å². The van der Waals surface area contributed by atoms with Gasteiger partial charge >= 0.3 is 0 Å². The van der Waals surface area contributed by atoms with Crippen molar-refractivity contribution in [1.29, 1.82) is 0 Å². The summed E-state index contributed by atoms with van der Waals surface area (Å²) in [7, 11) is 0. The highest BCUT2D eigenvalue weighted by atomic mass is 14.3. The van der Waals surface area contributed by atoms with Crippen LogP contribution in [0.25, 0.3) is 0 Å². The Morgan fingerprint density at radius 2 is 1.70 bits per heavy atom. The lowest BCUT2D eigenvalue weighted by atomic mass is 9.76. The first kappa shape index (κ1) is 10.0. The van der Waals surface area contributed by atoms with Crippen LogP contribution in [0.5, 0.6) is 0 Å². The molecule has 0 fully saturated rings. The van der Waals surface area contributed by atoms with Crippen molar-refractivity contribution in [3.8, 4) is 0 Å². The van der Waals surface area contributed by atoms with Crippen molar-refractivity contribution in [3.63, 3.8) is 0 Å². The Morgan fingerprint density at radius 1 is 1.20 bits per heavy atom. The molecule has 0 aromatic carbocycles. The predicted octanol–water partition coefficient (Wildman–Crippen LogP) is 3.86. The average molecular weight is 142 g/mol. The molecule has 0 spiro atoms. The highest BCUT2D eigenvalue weighted by Gasteiger charge is 2.22. The average Bonchev–Trinajstić information content (AvgIpc) is 1.89. The summed E-state index contributed by atoms with van der Waals surface area (Å²) in [6.45, 7) is 11.7. The van der Waals surface area contributed by atoms with Crippen LogP contribution in [-0.2, 0) is 0 Å². The maximum absolute atomic E-state index is 2.37. The van der Waals surface area contributed by atoms with E-state index in [1.165, 1.54) is 19.3 Å². The second-order valence-electron chi connectivity index (χ2n) is 4.03. The molecule has 1 unspecified atom stereocenters. The van der Waals surface area contributed by atoms with E-state index < -0.39 is 0 Å². The molecule has 0 aliphatic heterocycles. The van der Waals surface area contributed by atoms with Crippen molar-refractivity contribution >= 4 is 0 Å². The summed E-state index contributed by atoms with van der Waals surface area (Å²) in [5.74, 6) is 0.877. The van der Waals surface area contributed by atoms with Crippen LogP contribution in [-0.4, -0.2) is 0 Å². The number of hydrogen-bond donors (Lipinski definition) is 0. The molecular formula is C10H22. The van der Waals surface area contributed by atoms with Crippen molar-refractivity contribution in [2.45, 2.75) is 53.9 Å². The van der Waals surface area contributed by atoms with Gasteiger partial charge in [0.15, 0.2) is 0 Å². The molecule has 0 aromatic rings. The van der Waals surface area contributed by atoms with E-state index in [4.69, 9.17) is 0 Å². The van der Waals surface area contributed by atoms with Crippen molar-refractivity contribution in [2.75, 3.05) is 0 Å². The van der Waals surface area contributed by atoms with Gasteiger partial charge in [-0.05, 0) is 11.3 Å².